The molecule has 0 saturated carbocycles. The van der Waals surface area contributed by atoms with E-state index in [1.54, 1.807) is 25.1 Å². The first-order valence-corrected chi connectivity index (χ1v) is 9.52. The minimum atomic E-state index is -3.81. The molecule has 0 bridgehead atoms. The van der Waals surface area contributed by atoms with Crippen molar-refractivity contribution in [3.05, 3.63) is 48.0 Å². The van der Waals surface area contributed by atoms with Crippen LogP contribution < -0.4 is 14.4 Å². The Hall–Kier alpha value is -2.54. The molecule has 0 spiro atoms. The van der Waals surface area contributed by atoms with E-state index in [2.05, 4.69) is 5.32 Å². The standard InChI is InChI=1S/C18H20N2O4S/c1-3-24-17-9-8-15(19-13(2)21)12-18(17)25(22,23)20-11-10-14-6-4-5-7-16(14)20/h4-9,12H,3,10-11H2,1-2H3,(H,19,21). The lowest BCUT2D eigenvalue weighted by Gasteiger charge is -2.22. The van der Waals surface area contributed by atoms with Gasteiger partial charge in [-0.3, -0.25) is 9.10 Å². The summed E-state index contributed by atoms with van der Waals surface area (Å²) in [6.45, 7) is 3.90. The number of carbonyl (C=O) groups excluding carboxylic acids is 1. The van der Waals surface area contributed by atoms with Crippen LogP contribution in [0.25, 0.3) is 0 Å². The number of carbonyl (C=O) groups is 1. The van der Waals surface area contributed by atoms with Crippen molar-refractivity contribution < 1.29 is 17.9 Å². The third kappa shape index (κ3) is 3.32. The van der Waals surface area contributed by atoms with Crippen LogP contribution >= 0.6 is 0 Å². The van der Waals surface area contributed by atoms with Crippen LogP contribution in [0.1, 0.15) is 19.4 Å². The molecule has 1 N–H and O–H groups in total. The Morgan fingerprint density at radius 2 is 2.00 bits per heavy atom. The monoisotopic (exact) mass is 360 g/mol. The molecule has 0 unspecified atom stereocenters. The van der Waals surface area contributed by atoms with E-state index in [1.165, 1.54) is 17.3 Å². The number of nitrogens with zero attached hydrogens (tertiary/aromatic N) is 1. The molecule has 1 aliphatic rings. The molecule has 3 rings (SSSR count). The van der Waals surface area contributed by atoms with Gasteiger partial charge in [0.1, 0.15) is 10.6 Å². The first kappa shape index (κ1) is 17.3. The van der Waals surface area contributed by atoms with Gasteiger partial charge < -0.3 is 10.1 Å². The topological polar surface area (TPSA) is 75.7 Å². The van der Waals surface area contributed by atoms with E-state index >= 15 is 0 Å². The van der Waals surface area contributed by atoms with Gasteiger partial charge in [0.25, 0.3) is 10.0 Å². The van der Waals surface area contributed by atoms with Gasteiger partial charge in [0, 0.05) is 19.2 Å². The van der Waals surface area contributed by atoms with Gasteiger partial charge >= 0.3 is 0 Å². The molecule has 0 radical (unpaired) electrons. The number of anilines is 2. The van der Waals surface area contributed by atoms with Gasteiger partial charge in [-0.05, 0) is 43.2 Å². The van der Waals surface area contributed by atoms with E-state index in [1.807, 2.05) is 18.2 Å². The van der Waals surface area contributed by atoms with E-state index in [4.69, 9.17) is 4.74 Å². The van der Waals surface area contributed by atoms with Gasteiger partial charge in [-0.1, -0.05) is 18.2 Å². The van der Waals surface area contributed by atoms with Crippen molar-refractivity contribution in [2.75, 3.05) is 22.8 Å². The number of para-hydroxylation sites is 1. The van der Waals surface area contributed by atoms with E-state index in [9.17, 15) is 13.2 Å². The molecule has 132 valence electrons. The van der Waals surface area contributed by atoms with Crippen LogP contribution in [0.15, 0.2) is 47.4 Å². The summed E-state index contributed by atoms with van der Waals surface area (Å²) in [5.74, 6) is 0.0139. The van der Waals surface area contributed by atoms with Crippen molar-refractivity contribution in [3.63, 3.8) is 0 Å². The Kier molecular flexibility index (Phi) is 4.67. The van der Waals surface area contributed by atoms with E-state index in [-0.39, 0.29) is 16.6 Å². The molecule has 0 atom stereocenters. The summed E-state index contributed by atoms with van der Waals surface area (Å²) in [6, 6.07) is 12.1. The molecule has 6 nitrogen and oxygen atoms in total. The van der Waals surface area contributed by atoms with E-state index < -0.39 is 10.0 Å². The van der Waals surface area contributed by atoms with Crippen LogP contribution in [0.3, 0.4) is 0 Å². The predicted molar refractivity (Wildman–Crippen MR) is 96.6 cm³/mol. The lowest BCUT2D eigenvalue weighted by Crippen LogP contribution is -2.29. The van der Waals surface area contributed by atoms with Crippen molar-refractivity contribution in [1.82, 2.24) is 0 Å². The molecule has 0 fully saturated rings. The molecule has 2 aromatic carbocycles. The van der Waals surface area contributed by atoms with E-state index in [0.29, 0.717) is 30.9 Å². The van der Waals surface area contributed by atoms with Crippen LogP contribution in [0.2, 0.25) is 0 Å². The molecule has 1 aliphatic heterocycles. The molecule has 1 amide bonds. The van der Waals surface area contributed by atoms with Crippen molar-refractivity contribution in [1.29, 1.82) is 0 Å². The van der Waals surface area contributed by atoms with Gasteiger partial charge in [-0.25, -0.2) is 8.42 Å². The molecular formula is C18H20N2O4S. The summed E-state index contributed by atoms with van der Waals surface area (Å²) in [5, 5.41) is 2.62. The molecule has 7 heteroatoms. The van der Waals surface area contributed by atoms with Crippen LogP contribution in [-0.4, -0.2) is 27.5 Å². The average molecular weight is 360 g/mol. The molecule has 0 aliphatic carbocycles. The van der Waals surface area contributed by atoms with E-state index in [0.717, 1.165) is 5.56 Å². The lowest BCUT2D eigenvalue weighted by molar-refractivity contribution is -0.114. The zero-order valence-corrected chi connectivity index (χ0v) is 15.0. The molecule has 1 heterocycles. The second-order valence-electron chi connectivity index (χ2n) is 5.73. The second-order valence-corrected chi connectivity index (χ2v) is 7.56. The highest BCUT2D eigenvalue weighted by Crippen LogP contribution is 2.36. The normalized spacial score (nSPS) is 13.4. The highest BCUT2D eigenvalue weighted by atomic mass is 32.2. The molecule has 0 saturated heterocycles. The molecule has 25 heavy (non-hydrogen) atoms. The zero-order valence-electron chi connectivity index (χ0n) is 14.2. The number of amides is 1. The highest BCUT2D eigenvalue weighted by molar-refractivity contribution is 7.93. The number of hydrogen-bond donors (Lipinski definition) is 1. The van der Waals surface area contributed by atoms with Gasteiger partial charge in [0.15, 0.2) is 0 Å². The number of fused-ring (bicyclic) bond motifs is 1. The maximum Gasteiger partial charge on any atom is 0.268 e. The highest BCUT2D eigenvalue weighted by Gasteiger charge is 2.33. The number of rotatable bonds is 5. The largest absolute Gasteiger partial charge is 0.492 e. The van der Waals surface area contributed by atoms with Gasteiger partial charge in [0.05, 0.1) is 12.3 Å². The Morgan fingerprint density at radius 1 is 1.24 bits per heavy atom. The summed E-state index contributed by atoms with van der Waals surface area (Å²) in [5.41, 5.74) is 2.11. The SMILES string of the molecule is CCOc1ccc(NC(C)=O)cc1S(=O)(=O)N1CCc2ccccc21. The summed E-state index contributed by atoms with van der Waals surface area (Å²) in [4.78, 5) is 11.4. The summed E-state index contributed by atoms with van der Waals surface area (Å²) in [6.07, 6.45) is 0.671. The maximum atomic E-state index is 13.3. The van der Waals surface area contributed by atoms with Crippen LogP contribution in [0.5, 0.6) is 5.75 Å². The third-order valence-corrected chi connectivity index (χ3v) is 5.81. The minimum absolute atomic E-state index is 0.0531. The third-order valence-electron chi connectivity index (χ3n) is 3.98. The van der Waals surface area contributed by atoms with Crippen LogP contribution in [0, 0.1) is 0 Å². The fraction of sp³-hybridized carbons (Fsp3) is 0.278. The van der Waals surface area contributed by atoms with Crippen molar-refractivity contribution >= 4 is 27.3 Å². The summed E-state index contributed by atoms with van der Waals surface area (Å²) >= 11 is 0. The number of sulfonamides is 1. The van der Waals surface area contributed by atoms with Crippen molar-refractivity contribution in [2.45, 2.75) is 25.2 Å². The van der Waals surface area contributed by atoms with Crippen LogP contribution in [-0.2, 0) is 21.2 Å². The minimum Gasteiger partial charge on any atom is -0.492 e. The first-order chi connectivity index (χ1) is 11.9. The fourth-order valence-corrected chi connectivity index (χ4v) is 4.61. The zero-order chi connectivity index (χ0) is 18.0. The Balaban J connectivity index is 2.08. The van der Waals surface area contributed by atoms with Crippen LogP contribution in [0.4, 0.5) is 11.4 Å². The Bertz CT molecular complexity index is 909. The summed E-state index contributed by atoms with van der Waals surface area (Å²) in [7, 11) is -3.81. The first-order valence-electron chi connectivity index (χ1n) is 8.08. The average Bonchev–Trinajstić information content (AvgIpc) is 3.00. The number of hydrogen-bond acceptors (Lipinski definition) is 4. The Labute approximate surface area is 147 Å². The van der Waals surface area contributed by atoms with Gasteiger partial charge in [0.2, 0.25) is 5.91 Å². The lowest BCUT2D eigenvalue weighted by atomic mass is 10.2. The molecule has 2 aromatic rings. The second kappa shape index (κ2) is 6.76. The predicted octanol–water partition coefficient (Wildman–Crippen LogP) is 2.80. The van der Waals surface area contributed by atoms with Crippen molar-refractivity contribution in [2.24, 2.45) is 0 Å². The number of nitrogens with one attached hydrogen (secondary N) is 1. The molecule has 0 aromatic heterocycles. The quantitative estimate of drug-likeness (QED) is 0.890. The van der Waals surface area contributed by atoms with Gasteiger partial charge in [-0.15, -0.1) is 0 Å². The summed E-state index contributed by atoms with van der Waals surface area (Å²) < 4.78 is 33.4. The fourth-order valence-electron chi connectivity index (χ4n) is 2.94. The Morgan fingerprint density at radius 3 is 2.72 bits per heavy atom. The smallest absolute Gasteiger partial charge is 0.268 e. The van der Waals surface area contributed by atoms with Crippen molar-refractivity contribution in [3.8, 4) is 5.75 Å². The maximum absolute atomic E-state index is 13.3. The van der Waals surface area contributed by atoms with Gasteiger partial charge in [-0.2, -0.15) is 0 Å². The molecular weight excluding hydrogens is 340 g/mol. The number of benzene rings is 2. The number of ether oxygens (including phenoxy) is 1.